The molecule has 1 heterocycles. The van der Waals surface area contributed by atoms with Crippen molar-refractivity contribution in [2.45, 2.75) is 33.5 Å². The average Bonchev–Trinajstić information content (AvgIpc) is 3.05. The second-order valence-electron chi connectivity index (χ2n) is 6.52. The van der Waals surface area contributed by atoms with Crippen molar-refractivity contribution in [1.82, 2.24) is 0 Å². The molecule has 0 radical (unpaired) electrons. The van der Waals surface area contributed by atoms with Crippen molar-refractivity contribution in [2.75, 3.05) is 0 Å². The highest BCUT2D eigenvalue weighted by molar-refractivity contribution is 7.11. The Bertz CT molecular complexity index is 818. The molecule has 0 fully saturated rings. The van der Waals surface area contributed by atoms with Gasteiger partial charge < -0.3 is 9.16 Å². The predicted molar refractivity (Wildman–Crippen MR) is 110 cm³/mol. The third-order valence-electron chi connectivity index (χ3n) is 3.97. The van der Waals surface area contributed by atoms with Gasteiger partial charge in [-0.1, -0.05) is 18.2 Å². The maximum absolute atomic E-state index is 5.99. The van der Waals surface area contributed by atoms with E-state index < -0.39 is 9.04 Å². The average molecular weight is 369 g/mol. The van der Waals surface area contributed by atoms with E-state index in [0.29, 0.717) is 6.61 Å². The SMILES string of the molecule is Cc1cc(O[SiH](C)C)cc(C)c1-c1cccc(COc2cccs2)c1. The second kappa shape index (κ2) is 7.89. The Morgan fingerprint density at radius 2 is 1.72 bits per heavy atom. The van der Waals surface area contributed by atoms with Gasteiger partial charge in [-0.3, -0.25) is 0 Å². The number of hydrogen-bond donors (Lipinski definition) is 0. The van der Waals surface area contributed by atoms with Gasteiger partial charge in [0.15, 0.2) is 5.06 Å². The molecule has 3 aromatic rings. The smallest absolute Gasteiger partial charge is 0.229 e. The molecule has 0 aliphatic rings. The molecule has 0 aliphatic carbocycles. The summed E-state index contributed by atoms with van der Waals surface area (Å²) in [7, 11) is -1.09. The highest BCUT2D eigenvalue weighted by Gasteiger charge is 2.10. The lowest BCUT2D eigenvalue weighted by molar-refractivity contribution is 0.316. The Kier molecular flexibility index (Phi) is 5.61. The zero-order chi connectivity index (χ0) is 17.8. The van der Waals surface area contributed by atoms with Gasteiger partial charge >= 0.3 is 0 Å². The minimum atomic E-state index is -1.09. The fraction of sp³-hybridized carbons (Fsp3) is 0.238. The molecule has 0 spiro atoms. The van der Waals surface area contributed by atoms with Crippen LogP contribution in [-0.2, 0) is 6.61 Å². The largest absolute Gasteiger partial charge is 0.547 e. The van der Waals surface area contributed by atoms with E-state index in [9.17, 15) is 0 Å². The van der Waals surface area contributed by atoms with Crippen LogP contribution in [0.1, 0.15) is 16.7 Å². The highest BCUT2D eigenvalue weighted by atomic mass is 32.1. The molecule has 2 aromatic carbocycles. The zero-order valence-corrected chi connectivity index (χ0v) is 17.2. The van der Waals surface area contributed by atoms with Gasteiger partial charge in [-0.2, -0.15) is 0 Å². The topological polar surface area (TPSA) is 18.5 Å². The Morgan fingerprint density at radius 3 is 2.36 bits per heavy atom. The summed E-state index contributed by atoms with van der Waals surface area (Å²) in [5, 5.41) is 2.99. The van der Waals surface area contributed by atoms with Crippen molar-refractivity contribution in [2.24, 2.45) is 0 Å². The molecule has 2 nitrogen and oxygen atoms in total. The number of rotatable bonds is 6. The minimum Gasteiger partial charge on any atom is -0.547 e. The third-order valence-corrected chi connectivity index (χ3v) is 5.49. The van der Waals surface area contributed by atoms with E-state index in [0.717, 1.165) is 10.8 Å². The summed E-state index contributed by atoms with van der Waals surface area (Å²) >= 11 is 1.62. The molecule has 0 amide bonds. The van der Waals surface area contributed by atoms with Crippen LogP contribution >= 0.6 is 11.3 Å². The fourth-order valence-electron chi connectivity index (χ4n) is 3.04. The summed E-state index contributed by atoms with van der Waals surface area (Å²) in [6.45, 7) is 9.29. The number of benzene rings is 2. The summed E-state index contributed by atoms with van der Waals surface area (Å²) in [5.41, 5.74) is 6.20. The second-order valence-corrected chi connectivity index (χ2v) is 9.76. The van der Waals surface area contributed by atoms with Crippen LogP contribution in [0.5, 0.6) is 10.8 Å². The van der Waals surface area contributed by atoms with Crippen molar-refractivity contribution in [3.8, 4) is 21.9 Å². The predicted octanol–water partition coefficient (Wildman–Crippen LogP) is 5.97. The van der Waals surface area contributed by atoms with E-state index in [2.05, 4.69) is 63.3 Å². The van der Waals surface area contributed by atoms with Gasteiger partial charge in [0.25, 0.3) is 0 Å². The van der Waals surface area contributed by atoms with Crippen molar-refractivity contribution < 1.29 is 9.16 Å². The molecule has 25 heavy (non-hydrogen) atoms. The Morgan fingerprint density at radius 1 is 0.960 bits per heavy atom. The molecule has 0 bridgehead atoms. The molecule has 4 heteroatoms. The number of ether oxygens (including phenoxy) is 1. The van der Waals surface area contributed by atoms with Crippen molar-refractivity contribution in [1.29, 1.82) is 0 Å². The van der Waals surface area contributed by atoms with Gasteiger partial charge in [0, 0.05) is 0 Å². The quantitative estimate of drug-likeness (QED) is 0.499. The Balaban J connectivity index is 1.85. The molecule has 3 rings (SSSR count). The van der Waals surface area contributed by atoms with E-state index in [1.165, 1.54) is 27.8 Å². The van der Waals surface area contributed by atoms with Crippen LogP contribution in [0.15, 0.2) is 53.9 Å². The van der Waals surface area contributed by atoms with E-state index in [-0.39, 0.29) is 0 Å². The summed E-state index contributed by atoms with van der Waals surface area (Å²) in [6.07, 6.45) is 0. The first-order valence-corrected chi connectivity index (χ1v) is 12.2. The van der Waals surface area contributed by atoms with Gasteiger partial charge in [0.2, 0.25) is 9.04 Å². The maximum atomic E-state index is 5.99. The summed E-state index contributed by atoms with van der Waals surface area (Å²) in [6, 6.07) is 16.9. The lowest BCUT2D eigenvalue weighted by Gasteiger charge is -2.16. The van der Waals surface area contributed by atoms with Crippen LogP contribution in [0.3, 0.4) is 0 Å². The zero-order valence-electron chi connectivity index (χ0n) is 15.2. The Hall–Kier alpha value is -2.04. The van der Waals surface area contributed by atoms with Crippen molar-refractivity contribution in [3.05, 3.63) is 70.6 Å². The van der Waals surface area contributed by atoms with Gasteiger partial charge in [0.1, 0.15) is 12.4 Å². The van der Waals surface area contributed by atoms with E-state index >= 15 is 0 Å². The first-order valence-electron chi connectivity index (χ1n) is 8.56. The number of thiophene rings is 1. The summed E-state index contributed by atoms with van der Waals surface area (Å²) in [5.74, 6) is 0.998. The van der Waals surface area contributed by atoms with Crippen LogP contribution < -0.4 is 9.16 Å². The minimum absolute atomic E-state index is 0.590. The summed E-state index contributed by atoms with van der Waals surface area (Å²) in [4.78, 5) is 0. The molecular formula is C21H24O2SSi. The standard InChI is InChI=1S/C21H24O2SSi/c1-15-11-19(23-25(3)4)12-16(2)21(15)18-8-5-7-17(13-18)14-22-20-9-6-10-24-20/h5-13,25H,14H2,1-4H3. The molecule has 0 saturated carbocycles. The van der Waals surface area contributed by atoms with Crippen LogP contribution in [0, 0.1) is 13.8 Å². The van der Waals surface area contributed by atoms with Crippen LogP contribution in [-0.4, -0.2) is 9.04 Å². The first-order chi connectivity index (χ1) is 12.0. The van der Waals surface area contributed by atoms with Crippen LogP contribution in [0.2, 0.25) is 13.1 Å². The molecule has 1 aromatic heterocycles. The molecule has 0 unspecified atom stereocenters. The number of hydrogen-bond acceptors (Lipinski definition) is 3. The monoisotopic (exact) mass is 368 g/mol. The lowest BCUT2D eigenvalue weighted by atomic mass is 9.94. The molecule has 0 N–H and O–H groups in total. The highest BCUT2D eigenvalue weighted by Crippen LogP contribution is 2.32. The normalized spacial score (nSPS) is 10.9. The van der Waals surface area contributed by atoms with E-state index in [1.807, 2.05) is 17.5 Å². The van der Waals surface area contributed by atoms with Gasteiger partial charge in [0.05, 0.1) is 0 Å². The first kappa shape index (κ1) is 17.8. The molecule has 0 atom stereocenters. The van der Waals surface area contributed by atoms with Crippen molar-refractivity contribution in [3.63, 3.8) is 0 Å². The maximum Gasteiger partial charge on any atom is 0.229 e. The lowest BCUT2D eigenvalue weighted by Crippen LogP contribution is -2.11. The third kappa shape index (κ3) is 4.53. The molecule has 130 valence electrons. The van der Waals surface area contributed by atoms with Crippen LogP contribution in [0.25, 0.3) is 11.1 Å². The molecule has 0 saturated heterocycles. The Labute approximate surface area is 155 Å². The van der Waals surface area contributed by atoms with Gasteiger partial charge in [-0.25, -0.2) is 0 Å². The van der Waals surface area contributed by atoms with Gasteiger partial charge in [-0.15, -0.1) is 11.3 Å². The molecule has 0 aliphatic heterocycles. The van der Waals surface area contributed by atoms with E-state index in [4.69, 9.17) is 9.16 Å². The van der Waals surface area contributed by atoms with Crippen molar-refractivity contribution >= 4 is 20.4 Å². The fourth-order valence-corrected chi connectivity index (χ4v) is 4.29. The van der Waals surface area contributed by atoms with E-state index in [1.54, 1.807) is 11.3 Å². The summed E-state index contributed by atoms with van der Waals surface area (Å²) < 4.78 is 11.8. The van der Waals surface area contributed by atoms with Gasteiger partial charge in [-0.05, 0) is 90.5 Å². The number of aryl methyl sites for hydroxylation is 2. The van der Waals surface area contributed by atoms with Crippen LogP contribution in [0.4, 0.5) is 0 Å². The molecular weight excluding hydrogens is 344 g/mol.